The normalized spacial score (nSPS) is 6.17. The minimum atomic E-state index is -0.312. The third kappa shape index (κ3) is 15.8. The number of ether oxygens (including phenoxy) is 1. The van der Waals surface area contributed by atoms with Crippen molar-refractivity contribution in [2.24, 2.45) is 0 Å². The molecule has 0 aliphatic rings. The third-order valence-corrected chi connectivity index (χ3v) is 0.624. The minimum Gasteiger partial charge on any atom is -0.463 e. The van der Waals surface area contributed by atoms with Gasteiger partial charge >= 0.3 is 5.97 Å². The molecule has 4 N–H and O–H groups in total. The number of nitrogens with one attached hydrogen (secondary N) is 1. The zero-order valence-electron chi connectivity index (χ0n) is 7.35. The van der Waals surface area contributed by atoms with Gasteiger partial charge in [0, 0.05) is 5.57 Å². The van der Waals surface area contributed by atoms with Crippen LogP contribution in [0, 0.1) is 5.41 Å². The molecule has 0 aromatic heterocycles. The van der Waals surface area contributed by atoms with Crippen LogP contribution in [0.3, 0.4) is 0 Å². The Kier molecular flexibility index (Phi) is 17.2. The number of carbonyl (C=O) groups is 1. The van der Waals surface area contributed by atoms with Crippen molar-refractivity contribution in [2.75, 3.05) is 6.61 Å². The van der Waals surface area contributed by atoms with Crippen LogP contribution in [0.4, 0.5) is 0 Å². The van der Waals surface area contributed by atoms with E-state index in [-0.39, 0.29) is 12.1 Å². The summed E-state index contributed by atoms with van der Waals surface area (Å²) >= 11 is 0. The van der Waals surface area contributed by atoms with Gasteiger partial charge in [-0.05, 0) is 13.8 Å². The summed E-state index contributed by atoms with van der Waals surface area (Å²) in [7, 11) is 0. The van der Waals surface area contributed by atoms with E-state index in [0.717, 1.165) is 6.08 Å². The summed E-state index contributed by atoms with van der Waals surface area (Å²) in [5.41, 5.74) is 0.451. The van der Waals surface area contributed by atoms with Crippen LogP contribution >= 0.6 is 0 Å². The van der Waals surface area contributed by atoms with Crippen molar-refractivity contribution < 1.29 is 14.3 Å². The molecule has 0 aliphatic carbocycles. The van der Waals surface area contributed by atoms with E-state index in [1.54, 1.807) is 13.8 Å². The van der Waals surface area contributed by atoms with E-state index in [9.17, 15) is 4.79 Å². The van der Waals surface area contributed by atoms with Crippen LogP contribution in [0.5, 0.6) is 0 Å². The second-order valence-corrected chi connectivity index (χ2v) is 1.60. The highest BCUT2D eigenvalue weighted by atomic mass is 16.5. The van der Waals surface area contributed by atoms with Gasteiger partial charge < -0.3 is 10.9 Å². The lowest BCUT2D eigenvalue weighted by Crippen LogP contribution is -2.03. The first kappa shape index (κ1) is 16.9. The van der Waals surface area contributed by atoms with Crippen molar-refractivity contribution in [3.63, 3.8) is 0 Å². The molecule has 0 saturated carbocycles. The average molecular weight is 174 g/mol. The van der Waals surface area contributed by atoms with Crippen LogP contribution in [0.1, 0.15) is 13.8 Å². The number of rotatable bonds is 2. The van der Waals surface area contributed by atoms with Crippen LogP contribution in [-0.4, -0.2) is 18.7 Å². The van der Waals surface area contributed by atoms with Crippen LogP contribution in [0.2, 0.25) is 0 Å². The van der Waals surface area contributed by atoms with E-state index in [1.807, 2.05) is 0 Å². The molecule has 0 aromatic carbocycles. The maximum atomic E-state index is 10.4. The Morgan fingerprint density at radius 2 is 2.00 bits per heavy atom. The molecule has 70 valence electrons. The Morgan fingerprint density at radius 3 is 2.08 bits per heavy atom. The van der Waals surface area contributed by atoms with Gasteiger partial charge in [-0.2, -0.15) is 0 Å². The molecule has 0 amide bonds. The highest BCUT2D eigenvalue weighted by Gasteiger charge is 1.98. The zero-order chi connectivity index (χ0) is 9.28. The number of hydrogen-bond acceptors (Lipinski definition) is 5. The molecule has 12 heavy (non-hydrogen) atoms. The van der Waals surface area contributed by atoms with Gasteiger partial charge in [-0.15, -0.1) is 0 Å². The van der Waals surface area contributed by atoms with E-state index in [2.05, 4.69) is 11.3 Å². The summed E-state index contributed by atoms with van der Waals surface area (Å²) < 4.78 is 4.56. The van der Waals surface area contributed by atoms with E-state index in [0.29, 0.717) is 12.2 Å². The molecule has 5 nitrogen and oxygen atoms in total. The lowest BCUT2D eigenvalue weighted by atomic mass is 10.4. The largest absolute Gasteiger partial charge is 0.463 e. The van der Waals surface area contributed by atoms with Gasteiger partial charge in [-0.1, -0.05) is 6.58 Å². The quantitative estimate of drug-likeness (QED) is 0.284. The highest BCUT2D eigenvalue weighted by molar-refractivity contribution is 5.86. The van der Waals surface area contributed by atoms with Crippen molar-refractivity contribution in [3.8, 4) is 0 Å². The van der Waals surface area contributed by atoms with Gasteiger partial charge in [-0.25, -0.2) is 15.0 Å². The van der Waals surface area contributed by atoms with Gasteiger partial charge in [0.15, 0.2) is 0 Å². The Hall–Kier alpha value is -1.45. The van der Waals surface area contributed by atoms with Crippen molar-refractivity contribution in [1.82, 2.24) is 6.15 Å². The maximum Gasteiger partial charge on any atom is 0.333 e. The molecule has 0 heterocycles. The summed E-state index contributed by atoms with van der Waals surface area (Å²) in [6.07, 6.45) is 0.750. The Morgan fingerprint density at radius 1 is 1.67 bits per heavy atom. The number of hydrogen-bond donors (Lipinski definition) is 2. The standard InChI is InChI=1S/C6H10O2.CHNO.H3N/c1-4-8-6(7)5(2)3;2-1-3;/h2,4H2,1,3H3;2H;1H3. The first-order valence-corrected chi connectivity index (χ1v) is 2.96. The molecule has 0 atom stereocenters. The lowest BCUT2D eigenvalue weighted by Gasteiger charge is -1.96. The Labute approximate surface area is 71.5 Å². The predicted octanol–water partition coefficient (Wildman–Crippen LogP) is 1.19. The van der Waals surface area contributed by atoms with Crippen LogP contribution < -0.4 is 6.15 Å². The lowest BCUT2D eigenvalue weighted by molar-refractivity contribution is -0.138. The minimum absolute atomic E-state index is 0. The fourth-order valence-corrected chi connectivity index (χ4v) is 0.254. The third-order valence-electron chi connectivity index (χ3n) is 0.624. The molecule has 0 bridgehead atoms. The molecule has 0 spiro atoms. The van der Waals surface area contributed by atoms with Crippen LogP contribution in [0.25, 0.3) is 0 Å². The molecule has 0 unspecified atom stereocenters. The molecular weight excluding hydrogens is 160 g/mol. The van der Waals surface area contributed by atoms with Crippen molar-refractivity contribution in [3.05, 3.63) is 12.2 Å². The first-order chi connectivity index (χ1) is 5.09. The monoisotopic (exact) mass is 174 g/mol. The SMILES string of the molecule is C=C(C)C(=O)OCC.N.N=C=O. The Balaban J connectivity index is -0.000000177. The maximum absolute atomic E-state index is 10.4. The highest BCUT2D eigenvalue weighted by Crippen LogP contribution is 1.89. The average Bonchev–Trinajstić information content (AvgIpc) is 1.90. The van der Waals surface area contributed by atoms with Crippen LogP contribution in [0.15, 0.2) is 12.2 Å². The van der Waals surface area contributed by atoms with Gasteiger partial charge in [0.2, 0.25) is 6.08 Å². The summed E-state index contributed by atoms with van der Waals surface area (Å²) in [5, 5.41) is 5.40. The molecular formula is C7H14N2O3. The first-order valence-electron chi connectivity index (χ1n) is 2.96. The second kappa shape index (κ2) is 12.2. The van der Waals surface area contributed by atoms with Crippen molar-refractivity contribution in [2.45, 2.75) is 13.8 Å². The van der Waals surface area contributed by atoms with Gasteiger partial charge in [0.05, 0.1) is 6.61 Å². The van der Waals surface area contributed by atoms with Gasteiger partial charge in [0.25, 0.3) is 0 Å². The Bertz CT molecular complexity index is 171. The van der Waals surface area contributed by atoms with E-state index >= 15 is 0 Å². The summed E-state index contributed by atoms with van der Waals surface area (Å²) in [5.74, 6) is -0.312. The topological polar surface area (TPSA) is 102 Å². The fourth-order valence-electron chi connectivity index (χ4n) is 0.254. The second-order valence-electron chi connectivity index (χ2n) is 1.60. The molecule has 0 aromatic rings. The number of isocyanates is 1. The smallest absolute Gasteiger partial charge is 0.333 e. The summed E-state index contributed by atoms with van der Waals surface area (Å²) in [4.78, 5) is 18.8. The number of carbonyl (C=O) groups excluding carboxylic acids is 2. The van der Waals surface area contributed by atoms with E-state index in [1.165, 1.54) is 0 Å². The summed E-state index contributed by atoms with van der Waals surface area (Å²) in [6.45, 7) is 7.21. The van der Waals surface area contributed by atoms with Gasteiger partial charge in [0.1, 0.15) is 0 Å². The molecule has 0 radical (unpaired) electrons. The van der Waals surface area contributed by atoms with Gasteiger partial charge in [-0.3, -0.25) is 0 Å². The summed E-state index contributed by atoms with van der Waals surface area (Å²) in [6, 6.07) is 0. The molecule has 0 aliphatic heterocycles. The van der Waals surface area contributed by atoms with Crippen molar-refractivity contribution >= 4 is 12.0 Å². The van der Waals surface area contributed by atoms with E-state index < -0.39 is 0 Å². The zero-order valence-corrected chi connectivity index (χ0v) is 7.35. The number of esters is 1. The molecule has 0 saturated heterocycles. The van der Waals surface area contributed by atoms with Crippen molar-refractivity contribution in [1.29, 1.82) is 5.41 Å². The molecule has 0 fully saturated rings. The van der Waals surface area contributed by atoms with Crippen LogP contribution in [-0.2, 0) is 14.3 Å². The predicted molar refractivity (Wildman–Crippen MR) is 44.9 cm³/mol. The fraction of sp³-hybridized carbons (Fsp3) is 0.429. The van der Waals surface area contributed by atoms with E-state index in [4.69, 9.17) is 10.2 Å². The molecule has 5 heteroatoms. The molecule has 0 rings (SSSR count).